The maximum atomic E-state index is 12.9. The lowest BCUT2D eigenvalue weighted by atomic mass is 9.83. The summed E-state index contributed by atoms with van der Waals surface area (Å²) < 4.78 is 43.6. The quantitative estimate of drug-likeness (QED) is 0.776. The molecule has 0 heterocycles. The van der Waals surface area contributed by atoms with E-state index in [0.29, 0.717) is 25.9 Å². The molecule has 0 aromatic carbocycles. The Morgan fingerprint density at radius 1 is 1.33 bits per heavy atom. The minimum Gasteiger partial charge on any atom is -0.396 e. The highest BCUT2D eigenvalue weighted by Gasteiger charge is 2.45. The predicted octanol–water partition coefficient (Wildman–Crippen LogP) is 2.09. The number of alkyl halides is 3. The molecule has 1 aliphatic carbocycles. The number of hydrogen-bond donors (Lipinski definition) is 2. The van der Waals surface area contributed by atoms with Crippen LogP contribution in [0, 0.1) is 5.92 Å². The molecule has 6 heteroatoms. The third-order valence-electron chi connectivity index (χ3n) is 3.48. The van der Waals surface area contributed by atoms with Crippen LogP contribution in [0.3, 0.4) is 0 Å². The summed E-state index contributed by atoms with van der Waals surface area (Å²) in [7, 11) is 1.51. The van der Waals surface area contributed by atoms with E-state index in [1.165, 1.54) is 7.11 Å². The Morgan fingerprint density at radius 2 is 2.00 bits per heavy atom. The molecule has 2 N–H and O–H groups in total. The molecule has 1 saturated carbocycles. The van der Waals surface area contributed by atoms with E-state index < -0.39 is 18.1 Å². The van der Waals surface area contributed by atoms with Gasteiger partial charge in [-0.15, -0.1) is 0 Å². The summed E-state index contributed by atoms with van der Waals surface area (Å²) in [6.07, 6.45) is -1.54. The van der Waals surface area contributed by atoms with Gasteiger partial charge in [0.1, 0.15) is 0 Å². The van der Waals surface area contributed by atoms with Crippen LogP contribution >= 0.6 is 0 Å². The second kappa shape index (κ2) is 7.31. The second-order valence-corrected chi connectivity index (χ2v) is 4.87. The minimum absolute atomic E-state index is 0.0512. The molecule has 0 amide bonds. The molecular weight excluding hydrogens is 247 g/mol. The summed E-state index contributed by atoms with van der Waals surface area (Å²) in [4.78, 5) is 0. The summed E-state index contributed by atoms with van der Waals surface area (Å²) >= 11 is 0. The summed E-state index contributed by atoms with van der Waals surface area (Å²) in [5.74, 6) is -1.27. The first-order chi connectivity index (χ1) is 8.49. The molecule has 0 aromatic rings. The molecule has 3 nitrogen and oxygen atoms in total. The lowest BCUT2D eigenvalue weighted by Gasteiger charge is -2.36. The number of aliphatic hydroxyl groups is 1. The monoisotopic (exact) mass is 269 g/mol. The molecule has 0 aromatic heterocycles. The van der Waals surface area contributed by atoms with Crippen molar-refractivity contribution in [1.82, 2.24) is 5.32 Å². The fourth-order valence-electron chi connectivity index (χ4n) is 2.60. The van der Waals surface area contributed by atoms with Crippen molar-refractivity contribution >= 4 is 0 Å². The van der Waals surface area contributed by atoms with Crippen LogP contribution in [0.2, 0.25) is 0 Å². The number of rotatable bonds is 6. The van der Waals surface area contributed by atoms with Crippen molar-refractivity contribution in [3.05, 3.63) is 0 Å². The van der Waals surface area contributed by atoms with Gasteiger partial charge in [0.2, 0.25) is 0 Å². The Labute approximate surface area is 106 Å². The molecule has 1 rings (SSSR count). The number of aliphatic hydroxyl groups excluding tert-OH is 1. The number of ether oxygens (including phenoxy) is 1. The van der Waals surface area contributed by atoms with Crippen molar-refractivity contribution in [3.8, 4) is 0 Å². The van der Waals surface area contributed by atoms with Crippen LogP contribution in [0.15, 0.2) is 0 Å². The normalized spacial score (nSPS) is 27.2. The first-order valence-corrected chi connectivity index (χ1v) is 6.41. The topological polar surface area (TPSA) is 41.5 Å². The predicted molar refractivity (Wildman–Crippen MR) is 62.3 cm³/mol. The summed E-state index contributed by atoms with van der Waals surface area (Å²) in [6.45, 7) is 0.270. The number of methoxy groups -OCH3 is 1. The third kappa shape index (κ3) is 4.74. The van der Waals surface area contributed by atoms with Crippen LogP contribution in [-0.4, -0.2) is 43.7 Å². The Morgan fingerprint density at radius 3 is 2.56 bits per heavy atom. The van der Waals surface area contributed by atoms with Crippen LogP contribution in [0.4, 0.5) is 13.2 Å². The van der Waals surface area contributed by atoms with Crippen LogP contribution in [0.5, 0.6) is 0 Å². The lowest BCUT2D eigenvalue weighted by Crippen LogP contribution is -2.50. The van der Waals surface area contributed by atoms with E-state index in [4.69, 9.17) is 9.84 Å². The van der Waals surface area contributed by atoms with Crippen molar-refractivity contribution in [2.45, 2.75) is 50.4 Å². The average Bonchev–Trinajstić information content (AvgIpc) is 2.29. The van der Waals surface area contributed by atoms with Crippen molar-refractivity contribution in [3.63, 3.8) is 0 Å². The summed E-state index contributed by atoms with van der Waals surface area (Å²) in [5, 5.41) is 11.9. The fourth-order valence-corrected chi connectivity index (χ4v) is 2.60. The van der Waals surface area contributed by atoms with Gasteiger partial charge in [0.25, 0.3) is 0 Å². The molecule has 1 aliphatic rings. The van der Waals surface area contributed by atoms with Crippen LogP contribution < -0.4 is 5.32 Å². The molecule has 0 saturated heterocycles. The molecule has 3 atom stereocenters. The first-order valence-electron chi connectivity index (χ1n) is 6.41. The largest absolute Gasteiger partial charge is 0.396 e. The molecule has 0 bridgehead atoms. The van der Waals surface area contributed by atoms with E-state index in [9.17, 15) is 13.2 Å². The Bertz CT molecular complexity index is 230. The van der Waals surface area contributed by atoms with Gasteiger partial charge in [0.15, 0.2) is 0 Å². The number of halogens is 3. The number of nitrogens with one attached hydrogen (secondary N) is 1. The minimum atomic E-state index is -4.14. The molecule has 0 radical (unpaired) electrons. The van der Waals surface area contributed by atoms with Gasteiger partial charge in [0, 0.05) is 25.8 Å². The van der Waals surface area contributed by atoms with E-state index in [2.05, 4.69) is 5.32 Å². The fraction of sp³-hybridized carbons (Fsp3) is 1.00. The van der Waals surface area contributed by atoms with E-state index in [0.717, 1.165) is 6.42 Å². The molecule has 108 valence electrons. The number of hydrogen-bond acceptors (Lipinski definition) is 3. The van der Waals surface area contributed by atoms with Crippen LogP contribution in [0.25, 0.3) is 0 Å². The van der Waals surface area contributed by atoms with Gasteiger partial charge in [-0.05, 0) is 19.3 Å². The van der Waals surface area contributed by atoms with E-state index in [1.807, 2.05) is 0 Å². The Hall–Kier alpha value is -0.330. The molecule has 1 fully saturated rings. The smallest absolute Gasteiger partial charge is 0.393 e. The van der Waals surface area contributed by atoms with Gasteiger partial charge in [-0.3, -0.25) is 0 Å². The Kier molecular flexibility index (Phi) is 6.38. The van der Waals surface area contributed by atoms with Gasteiger partial charge >= 0.3 is 6.18 Å². The average molecular weight is 269 g/mol. The van der Waals surface area contributed by atoms with Gasteiger partial charge < -0.3 is 15.2 Å². The molecule has 18 heavy (non-hydrogen) atoms. The van der Waals surface area contributed by atoms with Gasteiger partial charge in [-0.1, -0.05) is 12.8 Å². The third-order valence-corrected chi connectivity index (χ3v) is 3.48. The molecular formula is C12H22F3NO2. The van der Waals surface area contributed by atoms with Crippen molar-refractivity contribution in [2.75, 3.05) is 20.3 Å². The van der Waals surface area contributed by atoms with Crippen molar-refractivity contribution in [1.29, 1.82) is 0 Å². The second-order valence-electron chi connectivity index (χ2n) is 4.87. The first kappa shape index (κ1) is 15.7. The van der Waals surface area contributed by atoms with Gasteiger partial charge in [-0.25, -0.2) is 0 Å². The maximum absolute atomic E-state index is 12.9. The van der Waals surface area contributed by atoms with Gasteiger partial charge in [0.05, 0.1) is 12.5 Å². The summed E-state index contributed by atoms with van der Waals surface area (Å²) in [5.41, 5.74) is 0. The maximum Gasteiger partial charge on any atom is 0.393 e. The van der Waals surface area contributed by atoms with Crippen molar-refractivity contribution < 1.29 is 23.0 Å². The van der Waals surface area contributed by atoms with Gasteiger partial charge in [-0.2, -0.15) is 13.2 Å². The zero-order valence-electron chi connectivity index (χ0n) is 10.7. The molecule has 3 unspecified atom stereocenters. The highest BCUT2D eigenvalue weighted by molar-refractivity contribution is 4.87. The van der Waals surface area contributed by atoms with Crippen molar-refractivity contribution in [2.24, 2.45) is 5.92 Å². The molecule has 0 aliphatic heterocycles. The highest BCUT2D eigenvalue weighted by Crippen LogP contribution is 2.37. The highest BCUT2D eigenvalue weighted by atomic mass is 19.4. The standard InChI is InChI=1S/C12H22F3NO2/c1-18-8-9(6-7-17)16-11-5-3-2-4-10(11)12(13,14)15/h9-11,16-17H,2-8H2,1H3. The van der Waals surface area contributed by atoms with E-state index in [1.54, 1.807) is 0 Å². The summed E-state index contributed by atoms with van der Waals surface area (Å²) in [6, 6.07) is -0.765. The molecule has 0 spiro atoms. The Balaban J connectivity index is 2.59. The van der Waals surface area contributed by atoms with Crippen LogP contribution in [0.1, 0.15) is 32.1 Å². The van der Waals surface area contributed by atoms with E-state index in [-0.39, 0.29) is 19.1 Å². The zero-order valence-corrected chi connectivity index (χ0v) is 10.7. The van der Waals surface area contributed by atoms with E-state index >= 15 is 0 Å². The SMILES string of the molecule is COCC(CCO)NC1CCCCC1C(F)(F)F. The lowest BCUT2D eigenvalue weighted by molar-refractivity contribution is -0.189. The zero-order chi connectivity index (χ0) is 13.6. The van der Waals surface area contributed by atoms with Crippen LogP contribution in [-0.2, 0) is 4.74 Å².